The van der Waals surface area contributed by atoms with E-state index >= 15 is 0 Å². The Kier molecular flexibility index (Phi) is 6.09. The fraction of sp³-hybridized carbons (Fsp3) is 0.500. The summed E-state index contributed by atoms with van der Waals surface area (Å²) >= 11 is 0. The normalized spacial score (nSPS) is 15.2. The zero-order valence-corrected chi connectivity index (χ0v) is 13.8. The third-order valence-electron chi connectivity index (χ3n) is 3.82. The molecule has 0 spiro atoms. The minimum Gasteiger partial charge on any atom is -0.478 e. The molecular formula is C14H5F15O2. The molecule has 1 N–H and O–H groups in total. The summed E-state index contributed by atoms with van der Waals surface area (Å²) < 4.78 is 197. The van der Waals surface area contributed by atoms with Crippen LogP contribution in [0.3, 0.4) is 0 Å². The molecule has 0 aliphatic carbocycles. The second kappa shape index (κ2) is 7.08. The molecule has 1 aromatic rings. The average molecular weight is 490 g/mol. The lowest BCUT2D eigenvalue weighted by Crippen LogP contribution is -2.72. The van der Waals surface area contributed by atoms with Gasteiger partial charge < -0.3 is 5.11 Å². The first-order valence-corrected chi connectivity index (χ1v) is 7.09. The number of carbonyl (C=O) groups is 1. The van der Waals surface area contributed by atoms with Crippen LogP contribution in [-0.2, 0) is 5.92 Å². The number of benzene rings is 1. The lowest BCUT2D eigenvalue weighted by atomic mass is 9.87. The Morgan fingerprint density at radius 3 is 1.32 bits per heavy atom. The Bertz CT molecular complexity index is 840. The molecule has 178 valence electrons. The number of rotatable bonds is 7. The molecule has 0 aliphatic rings. The van der Waals surface area contributed by atoms with Crippen LogP contribution >= 0.6 is 0 Å². The lowest BCUT2D eigenvalue weighted by Gasteiger charge is -2.41. The number of hydrogen-bond donors (Lipinski definition) is 1. The summed E-state index contributed by atoms with van der Waals surface area (Å²) in [6.07, 6.45) is -7.69. The van der Waals surface area contributed by atoms with Gasteiger partial charge in [-0.1, -0.05) is 18.2 Å². The van der Waals surface area contributed by atoms with E-state index in [1.54, 1.807) is 0 Å². The van der Waals surface area contributed by atoms with Gasteiger partial charge in [0.15, 0.2) is 0 Å². The molecule has 2 nitrogen and oxygen atoms in total. The molecule has 0 heterocycles. The number of aromatic carboxylic acids is 1. The molecule has 1 aromatic carbocycles. The van der Waals surface area contributed by atoms with Gasteiger partial charge in [-0.2, -0.15) is 65.9 Å². The average Bonchev–Trinajstić information content (AvgIpc) is 2.59. The zero-order valence-electron chi connectivity index (χ0n) is 13.8. The van der Waals surface area contributed by atoms with Crippen LogP contribution in [0, 0.1) is 0 Å². The van der Waals surface area contributed by atoms with Crippen molar-refractivity contribution in [2.24, 2.45) is 0 Å². The van der Waals surface area contributed by atoms with Crippen molar-refractivity contribution >= 4 is 5.97 Å². The fourth-order valence-corrected chi connectivity index (χ4v) is 2.08. The number of carboxylic acids is 1. The van der Waals surface area contributed by atoms with Crippen molar-refractivity contribution in [2.45, 2.75) is 41.7 Å². The second-order valence-electron chi connectivity index (χ2n) is 5.79. The summed E-state index contributed by atoms with van der Waals surface area (Å²) in [7, 11) is 0. The zero-order chi connectivity index (χ0) is 25.1. The fourth-order valence-electron chi connectivity index (χ4n) is 2.08. The summed E-state index contributed by atoms with van der Waals surface area (Å²) in [6, 6.07) is 0.610. The van der Waals surface area contributed by atoms with E-state index in [0.29, 0.717) is 12.1 Å². The summed E-state index contributed by atoms with van der Waals surface area (Å²) in [5.74, 6) is -50.2. The summed E-state index contributed by atoms with van der Waals surface area (Å²) in [5.41, 5.74) is -4.56. The van der Waals surface area contributed by atoms with E-state index < -0.39 is 58.8 Å². The van der Waals surface area contributed by atoms with Crippen LogP contribution in [0.25, 0.3) is 0 Å². The first-order chi connectivity index (χ1) is 13.4. The van der Waals surface area contributed by atoms with E-state index in [0.717, 1.165) is 0 Å². The maximum Gasteiger partial charge on any atom is 0.460 e. The molecule has 0 amide bonds. The van der Waals surface area contributed by atoms with E-state index in [2.05, 4.69) is 0 Å². The van der Waals surface area contributed by atoms with Gasteiger partial charge in [0.25, 0.3) is 0 Å². The molecule has 0 atom stereocenters. The van der Waals surface area contributed by atoms with Crippen molar-refractivity contribution in [3.8, 4) is 0 Å². The molecule has 0 fully saturated rings. The van der Waals surface area contributed by atoms with E-state index in [-0.39, 0.29) is 12.1 Å². The quantitative estimate of drug-likeness (QED) is 0.462. The van der Waals surface area contributed by atoms with Crippen LogP contribution in [0.15, 0.2) is 24.3 Å². The molecule has 0 saturated heterocycles. The van der Waals surface area contributed by atoms with Gasteiger partial charge in [-0.3, -0.25) is 0 Å². The third-order valence-corrected chi connectivity index (χ3v) is 3.82. The predicted octanol–water partition coefficient (Wildman–Crippen LogP) is 6.22. The Morgan fingerprint density at radius 2 is 0.935 bits per heavy atom. The Labute approximate surface area is 160 Å². The Hall–Kier alpha value is -2.36. The molecule has 0 radical (unpaired) electrons. The molecule has 0 aliphatic heterocycles. The highest BCUT2D eigenvalue weighted by Gasteiger charge is 2.93. The van der Waals surface area contributed by atoms with Crippen LogP contribution in [0.4, 0.5) is 65.9 Å². The molecule has 0 aromatic heterocycles. The molecule has 31 heavy (non-hydrogen) atoms. The van der Waals surface area contributed by atoms with Crippen LogP contribution in [0.1, 0.15) is 15.9 Å². The highest BCUT2D eigenvalue weighted by molar-refractivity contribution is 5.89. The van der Waals surface area contributed by atoms with Crippen LogP contribution < -0.4 is 0 Å². The number of hydrogen-bond acceptors (Lipinski definition) is 1. The highest BCUT2D eigenvalue weighted by atomic mass is 19.4. The van der Waals surface area contributed by atoms with Crippen molar-refractivity contribution < 1.29 is 75.8 Å². The van der Waals surface area contributed by atoms with Crippen molar-refractivity contribution in [2.75, 3.05) is 0 Å². The van der Waals surface area contributed by atoms with Crippen molar-refractivity contribution in [1.29, 1.82) is 0 Å². The first kappa shape index (κ1) is 26.7. The highest BCUT2D eigenvalue weighted by Crippen LogP contribution is 2.63. The van der Waals surface area contributed by atoms with Crippen LogP contribution in [0.5, 0.6) is 0 Å². The Morgan fingerprint density at radius 1 is 0.581 bits per heavy atom. The maximum absolute atomic E-state index is 14.0. The van der Waals surface area contributed by atoms with Gasteiger partial charge in [0, 0.05) is 5.56 Å². The third kappa shape index (κ3) is 3.44. The number of alkyl halides is 15. The maximum atomic E-state index is 14.0. The van der Waals surface area contributed by atoms with E-state index in [1.165, 1.54) is 0 Å². The standard InChI is InChI=1S/C14H5F15O2/c15-8(16,6-4-2-1-3-5(6)7(30)31)9(17,18)10(19,20)11(21,22)12(23,24)13(25,26)14(27,28)29/h1-4H,(H,30,31). The topological polar surface area (TPSA) is 37.3 Å². The largest absolute Gasteiger partial charge is 0.478 e. The molecule has 0 bridgehead atoms. The number of halogens is 15. The SMILES string of the molecule is O=C(O)c1ccccc1C(F)(F)C(F)(F)C(F)(F)C(F)(F)C(F)(F)C(F)(F)C(F)(F)F. The summed E-state index contributed by atoms with van der Waals surface area (Å²) in [6.45, 7) is 0. The summed E-state index contributed by atoms with van der Waals surface area (Å²) in [4.78, 5) is 10.8. The Balaban J connectivity index is 3.76. The van der Waals surface area contributed by atoms with Gasteiger partial charge in [-0.25, -0.2) is 4.79 Å². The van der Waals surface area contributed by atoms with Gasteiger partial charge in [-0.05, 0) is 6.07 Å². The van der Waals surface area contributed by atoms with Gasteiger partial charge in [0.2, 0.25) is 0 Å². The van der Waals surface area contributed by atoms with Crippen molar-refractivity contribution in [3.63, 3.8) is 0 Å². The van der Waals surface area contributed by atoms with Gasteiger partial charge in [0.05, 0.1) is 5.56 Å². The van der Waals surface area contributed by atoms with Crippen LogP contribution in [0.2, 0.25) is 0 Å². The molecule has 0 saturated carbocycles. The molecule has 17 heteroatoms. The first-order valence-electron chi connectivity index (χ1n) is 7.09. The van der Waals surface area contributed by atoms with E-state index in [1.807, 2.05) is 0 Å². The smallest absolute Gasteiger partial charge is 0.460 e. The van der Waals surface area contributed by atoms with Crippen molar-refractivity contribution in [1.82, 2.24) is 0 Å². The van der Waals surface area contributed by atoms with E-state index in [4.69, 9.17) is 5.11 Å². The minimum atomic E-state index is -8.43. The van der Waals surface area contributed by atoms with Crippen molar-refractivity contribution in [3.05, 3.63) is 35.4 Å². The molecule has 0 unspecified atom stereocenters. The van der Waals surface area contributed by atoms with Gasteiger partial charge >= 0.3 is 47.7 Å². The van der Waals surface area contributed by atoms with E-state index in [9.17, 15) is 70.7 Å². The second-order valence-corrected chi connectivity index (χ2v) is 5.79. The molecular weight excluding hydrogens is 485 g/mol. The predicted molar refractivity (Wildman–Crippen MR) is 68.1 cm³/mol. The van der Waals surface area contributed by atoms with Crippen LogP contribution in [-0.4, -0.2) is 46.9 Å². The monoisotopic (exact) mass is 490 g/mol. The van der Waals surface area contributed by atoms with Gasteiger partial charge in [-0.15, -0.1) is 0 Å². The minimum absolute atomic E-state index is 0.0738. The lowest BCUT2D eigenvalue weighted by molar-refractivity contribution is -0.453. The van der Waals surface area contributed by atoms with Gasteiger partial charge in [0.1, 0.15) is 0 Å². The molecule has 1 rings (SSSR count). The summed E-state index contributed by atoms with van der Waals surface area (Å²) in [5, 5.41) is 8.62. The number of carboxylic acid groups (broad SMARTS) is 1.